The van der Waals surface area contributed by atoms with Crippen LogP contribution in [0.2, 0.25) is 6.82 Å². The Bertz CT molecular complexity index is 1900. The van der Waals surface area contributed by atoms with E-state index in [1.54, 1.807) is 0 Å². The molecule has 0 aliphatic rings. The van der Waals surface area contributed by atoms with Crippen LogP contribution in [0.3, 0.4) is 0 Å². The Morgan fingerprint density at radius 2 is 1.08 bits per heavy atom. The highest BCUT2D eigenvalue weighted by molar-refractivity contribution is 6.52. The smallest absolute Gasteiger partial charge is 0.154 e. The summed E-state index contributed by atoms with van der Waals surface area (Å²) in [5.74, 6) is 0. The maximum Gasteiger partial charge on any atom is 0.154 e. The maximum absolute atomic E-state index is 2.40. The Kier molecular flexibility index (Phi) is 5.18. The lowest BCUT2D eigenvalue weighted by Gasteiger charge is -2.11. The average Bonchev–Trinajstić information content (AvgIpc) is 3.29. The van der Waals surface area contributed by atoms with Gasteiger partial charge < -0.3 is 4.57 Å². The van der Waals surface area contributed by atoms with Crippen molar-refractivity contribution in [2.45, 2.75) is 6.82 Å². The van der Waals surface area contributed by atoms with Gasteiger partial charge >= 0.3 is 0 Å². The summed E-state index contributed by atoms with van der Waals surface area (Å²) < 4.78 is 2.40. The molecule has 0 radical (unpaired) electrons. The van der Waals surface area contributed by atoms with Crippen LogP contribution in [0.4, 0.5) is 0 Å². The van der Waals surface area contributed by atoms with Gasteiger partial charge in [-0.2, -0.15) is 0 Å². The highest BCUT2D eigenvalue weighted by Gasteiger charge is 2.15. The minimum Gasteiger partial charge on any atom is -0.309 e. The summed E-state index contributed by atoms with van der Waals surface area (Å²) in [6, 6.07) is 48.7. The fourth-order valence-corrected chi connectivity index (χ4v) is 5.60. The molecule has 0 aliphatic carbocycles. The molecule has 174 valence electrons. The van der Waals surface area contributed by atoms with Gasteiger partial charge in [0.05, 0.1) is 11.0 Å². The molecule has 0 amide bonds. The summed E-state index contributed by atoms with van der Waals surface area (Å²) in [6.45, 7) is 2.23. The molecular weight excluding hydrogens is 445 g/mol. The number of rotatable bonds is 4. The Balaban J connectivity index is 1.50. The third-order valence-electron chi connectivity index (χ3n) is 7.49. The third kappa shape index (κ3) is 3.73. The average molecular weight is 471 g/mol. The molecule has 0 atom stereocenters. The number of aromatic nitrogens is 1. The van der Waals surface area contributed by atoms with Crippen LogP contribution in [-0.4, -0.2) is 11.8 Å². The first kappa shape index (κ1) is 21.7. The lowest BCUT2D eigenvalue weighted by atomic mass is 9.71. The number of hydrogen-bond donors (Lipinski definition) is 0. The van der Waals surface area contributed by atoms with Gasteiger partial charge in [-0.1, -0.05) is 103 Å². The lowest BCUT2D eigenvalue weighted by molar-refractivity contribution is 1.18. The first-order valence-corrected chi connectivity index (χ1v) is 13.0. The summed E-state index contributed by atoms with van der Waals surface area (Å²) in [7, 11) is 1.01. The zero-order valence-electron chi connectivity index (χ0n) is 20.9. The van der Waals surface area contributed by atoms with Crippen LogP contribution >= 0.6 is 0 Å². The van der Waals surface area contributed by atoms with E-state index in [9.17, 15) is 0 Å². The molecule has 0 aliphatic heterocycles. The summed E-state index contributed by atoms with van der Waals surface area (Å²) >= 11 is 0. The summed E-state index contributed by atoms with van der Waals surface area (Å²) in [4.78, 5) is 0. The summed E-state index contributed by atoms with van der Waals surface area (Å²) in [5.41, 5.74) is 10.1. The SMILES string of the molecule is CBc1cc(-c2ccccc2)cc(-c2ccc3c(c2)c2cc4ccccc4cc2n3-c2ccccc2)c1. The van der Waals surface area contributed by atoms with Gasteiger partial charge in [0.15, 0.2) is 7.28 Å². The van der Waals surface area contributed by atoms with E-state index < -0.39 is 0 Å². The quantitative estimate of drug-likeness (QED) is 0.227. The molecule has 6 aromatic carbocycles. The fraction of sp³-hybridized carbons (Fsp3) is 0.0286. The minimum atomic E-state index is 1.01. The largest absolute Gasteiger partial charge is 0.309 e. The lowest BCUT2D eigenvalue weighted by Crippen LogP contribution is -2.10. The molecule has 7 aromatic rings. The zero-order valence-corrected chi connectivity index (χ0v) is 20.9. The molecule has 37 heavy (non-hydrogen) atoms. The minimum absolute atomic E-state index is 1.01. The topological polar surface area (TPSA) is 4.93 Å². The van der Waals surface area contributed by atoms with Crippen molar-refractivity contribution in [3.63, 3.8) is 0 Å². The number of para-hydroxylation sites is 1. The second-order valence-electron chi connectivity index (χ2n) is 9.76. The molecule has 1 heterocycles. The van der Waals surface area contributed by atoms with Gasteiger partial charge in [0, 0.05) is 16.5 Å². The first-order valence-electron chi connectivity index (χ1n) is 13.0. The highest BCUT2D eigenvalue weighted by Crippen LogP contribution is 2.37. The Labute approximate surface area is 217 Å². The highest BCUT2D eigenvalue weighted by atomic mass is 15.0. The Morgan fingerprint density at radius 1 is 0.459 bits per heavy atom. The van der Waals surface area contributed by atoms with Gasteiger partial charge in [0.2, 0.25) is 0 Å². The molecule has 0 N–H and O–H groups in total. The summed E-state index contributed by atoms with van der Waals surface area (Å²) in [6.07, 6.45) is 0. The molecule has 0 bridgehead atoms. The monoisotopic (exact) mass is 471 g/mol. The van der Waals surface area contributed by atoms with Gasteiger partial charge in [0.25, 0.3) is 0 Å². The molecule has 1 aromatic heterocycles. The van der Waals surface area contributed by atoms with Gasteiger partial charge in [-0.25, -0.2) is 0 Å². The molecule has 0 spiro atoms. The van der Waals surface area contributed by atoms with E-state index in [1.807, 2.05) is 0 Å². The van der Waals surface area contributed by atoms with Crippen molar-refractivity contribution in [2.24, 2.45) is 0 Å². The van der Waals surface area contributed by atoms with E-state index in [0.717, 1.165) is 7.28 Å². The van der Waals surface area contributed by atoms with Crippen molar-refractivity contribution in [3.05, 3.63) is 133 Å². The molecule has 0 fully saturated rings. The van der Waals surface area contributed by atoms with Crippen LogP contribution in [0.5, 0.6) is 0 Å². The Hall–Kier alpha value is -4.56. The molecule has 0 saturated heterocycles. The van der Waals surface area contributed by atoms with Crippen molar-refractivity contribution in [3.8, 4) is 27.9 Å². The standard InChI is InChI=1S/C35H26BN/c1-36-30-19-28(24-10-4-2-5-11-24)18-29(20-30)27-16-17-34-32(22-27)33-21-25-12-8-9-13-26(25)23-35(33)37(34)31-14-6-3-7-15-31/h2-23,36H,1H3. The van der Waals surface area contributed by atoms with Crippen molar-refractivity contribution in [2.75, 3.05) is 0 Å². The van der Waals surface area contributed by atoms with E-state index in [4.69, 9.17) is 0 Å². The number of hydrogen-bond acceptors (Lipinski definition) is 0. The van der Waals surface area contributed by atoms with Crippen LogP contribution in [0.25, 0.3) is 60.5 Å². The predicted octanol–water partition coefficient (Wildman–Crippen LogP) is 8.38. The molecular formula is C35H26BN. The van der Waals surface area contributed by atoms with E-state index in [2.05, 4.69) is 145 Å². The zero-order chi connectivity index (χ0) is 24.8. The number of benzene rings is 6. The van der Waals surface area contributed by atoms with Crippen molar-refractivity contribution >= 4 is 45.3 Å². The fourth-order valence-electron chi connectivity index (χ4n) is 5.60. The molecule has 0 unspecified atom stereocenters. The Morgan fingerprint density at radius 3 is 1.81 bits per heavy atom. The van der Waals surface area contributed by atoms with Gasteiger partial charge in [-0.15, -0.1) is 0 Å². The maximum atomic E-state index is 2.40. The van der Waals surface area contributed by atoms with E-state index in [-0.39, 0.29) is 0 Å². The van der Waals surface area contributed by atoms with Crippen molar-refractivity contribution in [1.82, 2.24) is 4.57 Å². The van der Waals surface area contributed by atoms with Crippen molar-refractivity contribution in [1.29, 1.82) is 0 Å². The number of fused-ring (bicyclic) bond motifs is 4. The van der Waals surface area contributed by atoms with Crippen molar-refractivity contribution < 1.29 is 0 Å². The molecule has 2 heteroatoms. The van der Waals surface area contributed by atoms with Crippen LogP contribution < -0.4 is 5.46 Å². The van der Waals surface area contributed by atoms with E-state index in [1.165, 1.54) is 66.0 Å². The van der Waals surface area contributed by atoms with Gasteiger partial charge in [-0.05, 0) is 75.5 Å². The van der Waals surface area contributed by atoms with Crippen LogP contribution in [0.1, 0.15) is 0 Å². The normalized spacial score (nSPS) is 11.4. The van der Waals surface area contributed by atoms with Gasteiger partial charge in [0.1, 0.15) is 0 Å². The summed E-state index contributed by atoms with van der Waals surface area (Å²) in [5, 5.41) is 5.10. The van der Waals surface area contributed by atoms with E-state index >= 15 is 0 Å². The van der Waals surface area contributed by atoms with Crippen LogP contribution in [0, 0.1) is 0 Å². The molecule has 1 nitrogen and oxygen atoms in total. The van der Waals surface area contributed by atoms with E-state index in [0.29, 0.717) is 0 Å². The molecule has 7 rings (SSSR count). The second kappa shape index (κ2) is 8.83. The first-order chi connectivity index (χ1) is 18.3. The predicted molar refractivity (Wildman–Crippen MR) is 162 cm³/mol. The molecule has 0 saturated carbocycles. The van der Waals surface area contributed by atoms with Gasteiger partial charge in [-0.3, -0.25) is 0 Å². The van der Waals surface area contributed by atoms with Crippen LogP contribution in [-0.2, 0) is 0 Å². The number of nitrogens with zero attached hydrogens (tertiary/aromatic N) is 1. The second-order valence-corrected chi connectivity index (χ2v) is 9.76. The van der Waals surface area contributed by atoms with Crippen LogP contribution in [0.15, 0.2) is 133 Å². The third-order valence-corrected chi connectivity index (χ3v) is 7.49.